The molecule has 0 bridgehead atoms. The number of rotatable bonds is 4. The van der Waals surface area contributed by atoms with Gasteiger partial charge in [0.2, 0.25) is 11.8 Å². The van der Waals surface area contributed by atoms with E-state index in [4.69, 9.17) is 0 Å². The number of nitrogens with one attached hydrogen (secondary N) is 1. The molecule has 3 heterocycles. The normalized spacial score (nSPS) is 16.1. The Kier molecular flexibility index (Phi) is 6.07. The van der Waals surface area contributed by atoms with Crippen LogP contribution in [-0.4, -0.2) is 53.0 Å². The van der Waals surface area contributed by atoms with Gasteiger partial charge in [0, 0.05) is 23.5 Å². The molecule has 2 aromatic carbocycles. The quantitative estimate of drug-likeness (QED) is 0.602. The number of aryl methyl sites for hydroxylation is 1. The van der Waals surface area contributed by atoms with E-state index in [0.717, 1.165) is 53.0 Å². The summed E-state index contributed by atoms with van der Waals surface area (Å²) >= 11 is 2.84. The number of hydrogen-bond acceptors (Lipinski definition) is 6. The zero-order chi connectivity index (χ0) is 22.9. The zero-order valence-corrected chi connectivity index (χ0v) is 19.9. The Morgan fingerprint density at radius 1 is 1.09 bits per heavy atom. The van der Waals surface area contributed by atoms with E-state index in [1.165, 1.54) is 28.0 Å². The lowest BCUT2D eigenvalue weighted by atomic mass is 10.1. The summed E-state index contributed by atoms with van der Waals surface area (Å²) in [6.07, 6.45) is 3.18. The molecule has 1 N–H and O–H groups in total. The van der Waals surface area contributed by atoms with Gasteiger partial charge in [-0.05, 0) is 62.1 Å². The van der Waals surface area contributed by atoms with Crippen LogP contribution in [-0.2, 0) is 9.59 Å². The highest BCUT2D eigenvalue weighted by molar-refractivity contribution is 8.00. The number of amides is 3. The molecule has 1 fully saturated rings. The summed E-state index contributed by atoms with van der Waals surface area (Å²) in [7, 11) is 0. The number of aromatic nitrogens is 1. The Morgan fingerprint density at radius 2 is 1.91 bits per heavy atom. The Labute approximate surface area is 200 Å². The molecule has 2 aliphatic rings. The molecule has 0 atom stereocenters. The number of carbonyl (C=O) groups is 3. The number of carbonyl (C=O) groups excluding carboxylic acids is 3. The van der Waals surface area contributed by atoms with Crippen LogP contribution in [0.4, 0.5) is 10.8 Å². The average Bonchev–Trinajstić information content (AvgIpc) is 3.21. The number of hydrogen-bond donors (Lipinski definition) is 1. The van der Waals surface area contributed by atoms with E-state index in [0.29, 0.717) is 16.4 Å². The van der Waals surface area contributed by atoms with Crippen LogP contribution in [0.3, 0.4) is 0 Å². The third-order valence-electron chi connectivity index (χ3n) is 5.88. The number of anilines is 2. The minimum absolute atomic E-state index is 0.0188. The fraction of sp³-hybridized carbons (Fsp3) is 0.333. The minimum atomic E-state index is -0.315. The summed E-state index contributed by atoms with van der Waals surface area (Å²) in [5.74, 6) is -0.218. The number of thioether (sulfide) groups is 1. The molecule has 0 unspecified atom stereocenters. The Hall–Kier alpha value is -2.91. The summed E-state index contributed by atoms with van der Waals surface area (Å²) < 4.78 is 1.00. The number of benzene rings is 2. The van der Waals surface area contributed by atoms with Crippen molar-refractivity contribution in [1.82, 2.24) is 9.88 Å². The van der Waals surface area contributed by atoms with Crippen molar-refractivity contribution < 1.29 is 14.4 Å². The van der Waals surface area contributed by atoms with Crippen LogP contribution in [0.1, 0.15) is 35.2 Å². The van der Waals surface area contributed by atoms with Gasteiger partial charge in [0.15, 0.2) is 5.13 Å². The number of nitrogens with zero attached hydrogens (tertiary/aromatic N) is 3. The van der Waals surface area contributed by atoms with Crippen LogP contribution in [0.5, 0.6) is 0 Å². The topological polar surface area (TPSA) is 82.6 Å². The fourth-order valence-corrected chi connectivity index (χ4v) is 6.07. The zero-order valence-electron chi connectivity index (χ0n) is 18.3. The second kappa shape index (κ2) is 9.15. The van der Waals surface area contributed by atoms with E-state index in [1.54, 1.807) is 6.07 Å². The number of fused-ring (bicyclic) bond motifs is 2. The summed E-state index contributed by atoms with van der Waals surface area (Å²) in [6, 6.07) is 11.4. The molecule has 170 valence electrons. The first kappa shape index (κ1) is 21.9. The molecule has 0 radical (unpaired) electrons. The van der Waals surface area contributed by atoms with Crippen molar-refractivity contribution in [2.45, 2.75) is 31.1 Å². The molecule has 1 aromatic heterocycles. The van der Waals surface area contributed by atoms with Crippen molar-refractivity contribution in [3.05, 3.63) is 47.5 Å². The van der Waals surface area contributed by atoms with Crippen LogP contribution in [0, 0.1) is 6.92 Å². The fourth-order valence-electron chi connectivity index (χ4n) is 4.18. The van der Waals surface area contributed by atoms with Crippen molar-refractivity contribution in [3.63, 3.8) is 0 Å². The SMILES string of the molecule is Cc1ccc2nc(NC(=O)CN3C(=O)CSc4ccc(C(=O)N5CCCCC5)cc43)sc2c1. The Balaban J connectivity index is 1.35. The second-order valence-electron chi connectivity index (χ2n) is 8.34. The van der Waals surface area contributed by atoms with Crippen molar-refractivity contribution in [3.8, 4) is 0 Å². The molecular formula is C24H24N4O3S2. The lowest BCUT2D eigenvalue weighted by Gasteiger charge is -2.30. The number of likely N-dealkylation sites (tertiary alicyclic amines) is 1. The molecule has 3 aromatic rings. The van der Waals surface area contributed by atoms with Gasteiger partial charge >= 0.3 is 0 Å². The third-order valence-corrected chi connectivity index (χ3v) is 7.87. The first-order valence-electron chi connectivity index (χ1n) is 11.0. The minimum Gasteiger partial charge on any atom is -0.339 e. The maximum Gasteiger partial charge on any atom is 0.253 e. The summed E-state index contributed by atoms with van der Waals surface area (Å²) in [5, 5.41) is 3.34. The van der Waals surface area contributed by atoms with Gasteiger partial charge in [0.05, 0.1) is 21.7 Å². The summed E-state index contributed by atoms with van der Waals surface area (Å²) in [6.45, 7) is 3.41. The highest BCUT2D eigenvalue weighted by Gasteiger charge is 2.29. The highest BCUT2D eigenvalue weighted by Crippen LogP contribution is 2.36. The van der Waals surface area contributed by atoms with E-state index < -0.39 is 0 Å². The third kappa shape index (κ3) is 4.60. The van der Waals surface area contributed by atoms with Gasteiger partial charge in [-0.15, -0.1) is 11.8 Å². The average molecular weight is 481 g/mol. The molecule has 33 heavy (non-hydrogen) atoms. The van der Waals surface area contributed by atoms with Crippen LogP contribution in [0.25, 0.3) is 10.2 Å². The van der Waals surface area contributed by atoms with Crippen LogP contribution >= 0.6 is 23.1 Å². The summed E-state index contributed by atoms with van der Waals surface area (Å²) in [5.41, 5.74) is 3.14. The van der Waals surface area contributed by atoms with Gasteiger partial charge in [-0.1, -0.05) is 17.4 Å². The molecular weight excluding hydrogens is 456 g/mol. The van der Waals surface area contributed by atoms with Gasteiger partial charge < -0.3 is 15.1 Å². The standard InChI is InChI=1S/C24H24N4O3S2/c1-15-5-7-17-20(11-15)33-24(25-17)26-21(29)13-28-18-12-16(6-8-19(18)32-14-22(28)30)23(31)27-9-3-2-4-10-27/h5-8,11-12H,2-4,9-10,13-14H2,1H3,(H,25,26,29). The van der Waals surface area contributed by atoms with Gasteiger partial charge in [-0.2, -0.15) is 0 Å². The first-order valence-corrected chi connectivity index (χ1v) is 12.8. The summed E-state index contributed by atoms with van der Waals surface area (Å²) in [4.78, 5) is 47.2. The maximum absolute atomic E-state index is 13.0. The van der Waals surface area contributed by atoms with Crippen LogP contribution < -0.4 is 10.2 Å². The highest BCUT2D eigenvalue weighted by atomic mass is 32.2. The lowest BCUT2D eigenvalue weighted by Crippen LogP contribution is -2.41. The van der Waals surface area contributed by atoms with Crippen molar-refractivity contribution in [1.29, 1.82) is 0 Å². The predicted molar refractivity (Wildman–Crippen MR) is 132 cm³/mol. The van der Waals surface area contributed by atoms with Gasteiger partial charge in [-0.3, -0.25) is 14.4 Å². The lowest BCUT2D eigenvalue weighted by molar-refractivity contribution is -0.120. The molecule has 2 aliphatic heterocycles. The number of piperidine rings is 1. The van der Waals surface area contributed by atoms with E-state index in [2.05, 4.69) is 10.3 Å². The molecule has 0 spiro atoms. The van der Waals surface area contributed by atoms with Crippen molar-refractivity contribution in [2.24, 2.45) is 0 Å². The molecule has 0 saturated carbocycles. The van der Waals surface area contributed by atoms with Crippen LogP contribution in [0.2, 0.25) is 0 Å². The molecule has 1 saturated heterocycles. The largest absolute Gasteiger partial charge is 0.339 e. The molecule has 5 rings (SSSR count). The maximum atomic E-state index is 13.0. The Morgan fingerprint density at radius 3 is 2.73 bits per heavy atom. The van der Waals surface area contributed by atoms with E-state index in [9.17, 15) is 14.4 Å². The Bertz CT molecular complexity index is 1250. The van der Waals surface area contributed by atoms with Gasteiger partial charge in [-0.25, -0.2) is 4.98 Å². The van der Waals surface area contributed by atoms with Crippen LogP contribution in [0.15, 0.2) is 41.3 Å². The van der Waals surface area contributed by atoms with Crippen molar-refractivity contribution >= 4 is 61.9 Å². The predicted octanol–water partition coefficient (Wildman–Crippen LogP) is 4.31. The smallest absolute Gasteiger partial charge is 0.253 e. The van der Waals surface area contributed by atoms with Gasteiger partial charge in [0.1, 0.15) is 6.54 Å². The molecule has 3 amide bonds. The second-order valence-corrected chi connectivity index (χ2v) is 10.4. The monoisotopic (exact) mass is 480 g/mol. The van der Waals surface area contributed by atoms with Crippen molar-refractivity contribution in [2.75, 3.05) is 35.6 Å². The molecule has 7 nitrogen and oxygen atoms in total. The first-order chi connectivity index (χ1) is 16.0. The van der Waals surface area contributed by atoms with E-state index in [1.807, 2.05) is 42.2 Å². The van der Waals surface area contributed by atoms with E-state index >= 15 is 0 Å². The molecule has 9 heteroatoms. The number of thiazole rings is 1. The molecule has 0 aliphatic carbocycles. The van der Waals surface area contributed by atoms with Gasteiger partial charge in [0.25, 0.3) is 5.91 Å². The van der Waals surface area contributed by atoms with E-state index in [-0.39, 0.29) is 30.0 Å².